The van der Waals surface area contributed by atoms with Gasteiger partial charge in [-0.1, -0.05) is 36.4 Å². The highest BCUT2D eigenvalue weighted by atomic mass is 16.5. The van der Waals surface area contributed by atoms with Gasteiger partial charge in [0.1, 0.15) is 12.7 Å². The van der Waals surface area contributed by atoms with Crippen LogP contribution in [0.25, 0.3) is 0 Å². The summed E-state index contributed by atoms with van der Waals surface area (Å²) in [4.78, 5) is 33.2. The minimum Gasteiger partial charge on any atom is -0.364 e. The van der Waals surface area contributed by atoms with Crippen LogP contribution in [0, 0.1) is 0 Å². The summed E-state index contributed by atoms with van der Waals surface area (Å²) in [5, 5.41) is 0. The van der Waals surface area contributed by atoms with Gasteiger partial charge in [-0.3, -0.25) is 14.6 Å². The summed E-state index contributed by atoms with van der Waals surface area (Å²) in [6, 6.07) is 15.8. The van der Waals surface area contributed by atoms with Gasteiger partial charge in [0.2, 0.25) is 11.8 Å². The number of rotatable bonds is 4. The highest BCUT2D eigenvalue weighted by molar-refractivity contribution is 5.80. The third-order valence-corrected chi connectivity index (χ3v) is 6.01. The largest absolute Gasteiger partial charge is 0.364 e. The topological polar surface area (TPSA) is 62.7 Å². The zero-order chi connectivity index (χ0) is 19.6. The minimum atomic E-state index is -0.519. The summed E-state index contributed by atoms with van der Waals surface area (Å²) >= 11 is 0. The summed E-state index contributed by atoms with van der Waals surface area (Å²) in [7, 11) is 1.85. The molecule has 0 aliphatic carbocycles. The van der Waals surface area contributed by atoms with Crippen LogP contribution < -0.4 is 0 Å². The van der Waals surface area contributed by atoms with E-state index in [0.717, 1.165) is 11.3 Å². The number of pyridine rings is 1. The molecule has 2 aliphatic rings. The number of aromatic nitrogens is 1. The van der Waals surface area contributed by atoms with Crippen molar-refractivity contribution in [2.45, 2.75) is 30.9 Å². The number of carbonyl (C=O) groups is 2. The summed E-state index contributed by atoms with van der Waals surface area (Å²) in [5.41, 5.74) is 1.47. The molecular formula is C22H25N3O3. The maximum absolute atomic E-state index is 12.8. The fourth-order valence-electron chi connectivity index (χ4n) is 4.39. The van der Waals surface area contributed by atoms with Gasteiger partial charge in [-0.15, -0.1) is 0 Å². The minimum absolute atomic E-state index is 0.0185. The smallest absolute Gasteiger partial charge is 0.249 e. The van der Waals surface area contributed by atoms with E-state index in [0.29, 0.717) is 32.4 Å². The second kappa shape index (κ2) is 7.72. The van der Waals surface area contributed by atoms with E-state index >= 15 is 0 Å². The molecule has 0 N–H and O–H groups in total. The van der Waals surface area contributed by atoms with Gasteiger partial charge in [-0.2, -0.15) is 0 Å². The molecule has 0 bridgehead atoms. The lowest BCUT2D eigenvalue weighted by Crippen LogP contribution is -2.67. The Morgan fingerprint density at radius 2 is 2.00 bits per heavy atom. The van der Waals surface area contributed by atoms with Crippen LogP contribution >= 0.6 is 0 Å². The standard InChI is InChI=1S/C22H25N3O3/c1-24-21(27)16-28-19-15-25(20(26)11-10-18-9-5-6-13-23-18)14-12-22(19,24)17-7-3-2-4-8-17/h2-9,13,19H,10-12,14-16H2,1H3/t19-,22+/m1/s1. The molecule has 2 amide bonds. The number of piperidine rings is 1. The zero-order valence-electron chi connectivity index (χ0n) is 16.1. The van der Waals surface area contributed by atoms with Crippen molar-refractivity contribution in [2.75, 3.05) is 26.7 Å². The molecule has 28 heavy (non-hydrogen) atoms. The van der Waals surface area contributed by atoms with Crippen LogP contribution in [0.5, 0.6) is 0 Å². The number of ether oxygens (including phenoxy) is 1. The highest BCUT2D eigenvalue weighted by Gasteiger charge is 2.53. The number of carbonyl (C=O) groups excluding carboxylic acids is 2. The van der Waals surface area contributed by atoms with Crippen LogP contribution in [-0.4, -0.2) is 59.4 Å². The van der Waals surface area contributed by atoms with E-state index in [2.05, 4.69) is 4.98 Å². The molecule has 6 heteroatoms. The number of fused-ring (bicyclic) bond motifs is 1. The van der Waals surface area contributed by atoms with Crippen molar-refractivity contribution in [1.29, 1.82) is 0 Å². The Bertz CT molecular complexity index is 843. The lowest BCUT2D eigenvalue weighted by molar-refractivity contribution is -0.184. The van der Waals surface area contributed by atoms with Crippen molar-refractivity contribution in [1.82, 2.24) is 14.8 Å². The van der Waals surface area contributed by atoms with E-state index in [1.165, 1.54) is 0 Å². The maximum Gasteiger partial charge on any atom is 0.249 e. The molecule has 1 aromatic carbocycles. The van der Waals surface area contributed by atoms with Gasteiger partial charge in [0.25, 0.3) is 0 Å². The summed E-state index contributed by atoms with van der Waals surface area (Å²) < 4.78 is 5.97. The van der Waals surface area contributed by atoms with Crippen molar-refractivity contribution in [3.8, 4) is 0 Å². The van der Waals surface area contributed by atoms with Crippen LogP contribution in [-0.2, 0) is 26.3 Å². The second-order valence-electron chi connectivity index (χ2n) is 7.45. The molecule has 4 rings (SSSR count). The Hall–Kier alpha value is -2.73. The molecule has 146 valence electrons. The number of morpholine rings is 1. The first kappa shape index (κ1) is 18.6. The number of benzene rings is 1. The van der Waals surface area contributed by atoms with Gasteiger partial charge in [0, 0.05) is 38.4 Å². The number of hydrogen-bond donors (Lipinski definition) is 0. The molecule has 0 spiro atoms. The summed E-state index contributed by atoms with van der Waals surface area (Å²) in [5.74, 6) is 0.0884. The highest BCUT2D eigenvalue weighted by Crippen LogP contribution is 2.42. The lowest BCUT2D eigenvalue weighted by Gasteiger charge is -2.54. The van der Waals surface area contributed by atoms with Crippen LogP contribution in [0.1, 0.15) is 24.1 Å². The molecular weight excluding hydrogens is 354 g/mol. The molecule has 0 saturated carbocycles. The van der Waals surface area contributed by atoms with E-state index in [-0.39, 0.29) is 24.5 Å². The Balaban J connectivity index is 1.51. The Labute approximate surface area is 165 Å². The molecule has 6 nitrogen and oxygen atoms in total. The predicted octanol–water partition coefficient (Wildman–Crippen LogP) is 2.00. The van der Waals surface area contributed by atoms with Crippen molar-refractivity contribution < 1.29 is 14.3 Å². The molecule has 3 heterocycles. The number of likely N-dealkylation sites (tertiary alicyclic amines) is 1. The Morgan fingerprint density at radius 3 is 2.75 bits per heavy atom. The van der Waals surface area contributed by atoms with Gasteiger partial charge in [-0.05, 0) is 30.5 Å². The summed E-state index contributed by atoms with van der Waals surface area (Å²) in [6.07, 6.45) is 3.24. The van der Waals surface area contributed by atoms with Gasteiger partial charge >= 0.3 is 0 Å². The third-order valence-electron chi connectivity index (χ3n) is 6.01. The van der Waals surface area contributed by atoms with E-state index in [9.17, 15) is 9.59 Å². The van der Waals surface area contributed by atoms with Crippen LogP contribution in [0.4, 0.5) is 0 Å². The van der Waals surface area contributed by atoms with E-state index in [1.54, 1.807) is 6.20 Å². The first-order chi connectivity index (χ1) is 13.6. The van der Waals surface area contributed by atoms with Crippen LogP contribution in [0.2, 0.25) is 0 Å². The number of likely N-dealkylation sites (N-methyl/N-ethyl adjacent to an activating group) is 1. The predicted molar refractivity (Wildman–Crippen MR) is 104 cm³/mol. The maximum atomic E-state index is 12.8. The monoisotopic (exact) mass is 379 g/mol. The molecule has 1 aromatic heterocycles. The molecule has 2 fully saturated rings. The van der Waals surface area contributed by atoms with Gasteiger partial charge in [0.05, 0.1) is 5.54 Å². The normalized spacial score (nSPS) is 24.8. The molecule has 0 radical (unpaired) electrons. The van der Waals surface area contributed by atoms with E-state index < -0.39 is 5.54 Å². The average molecular weight is 379 g/mol. The molecule has 0 unspecified atom stereocenters. The third kappa shape index (κ3) is 3.29. The van der Waals surface area contributed by atoms with Crippen LogP contribution in [0.3, 0.4) is 0 Å². The summed E-state index contributed by atoms with van der Waals surface area (Å²) in [6.45, 7) is 1.16. The van der Waals surface area contributed by atoms with Gasteiger partial charge in [0.15, 0.2) is 0 Å². The average Bonchev–Trinajstić information content (AvgIpc) is 2.76. The number of nitrogens with zero attached hydrogens (tertiary/aromatic N) is 3. The van der Waals surface area contributed by atoms with Crippen molar-refractivity contribution >= 4 is 11.8 Å². The van der Waals surface area contributed by atoms with E-state index in [1.807, 2.05) is 65.4 Å². The van der Waals surface area contributed by atoms with Crippen molar-refractivity contribution in [3.63, 3.8) is 0 Å². The fourth-order valence-corrected chi connectivity index (χ4v) is 4.39. The van der Waals surface area contributed by atoms with Gasteiger partial charge < -0.3 is 14.5 Å². The van der Waals surface area contributed by atoms with Crippen molar-refractivity contribution in [3.05, 3.63) is 66.0 Å². The fraction of sp³-hybridized carbons (Fsp3) is 0.409. The van der Waals surface area contributed by atoms with Crippen molar-refractivity contribution in [2.24, 2.45) is 0 Å². The first-order valence-corrected chi connectivity index (χ1v) is 9.73. The molecule has 2 saturated heterocycles. The Morgan fingerprint density at radius 1 is 1.21 bits per heavy atom. The molecule has 2 aromatic rings. The lowest BCUT2D eigenvalue weighted by atomic mass is 9.76. The first-order valence-electron chi connectivity index (χ1n) is 9.73. The van der Waals surface area contributed by atoms with Crippen LogP contribution in [0.15, 0.2) is 54.7 Å². The second-order valence-corrected chi connectivity index (χ2v) is 7.45. The molecule has 2 aliphatic heterocycles. The number of aryl methyl sites for hydroxylation is 1. The Kier molecular flexibility index (Phi) is 5.13. The van der Waals surface area contributed by atoms with E-state index in [4.69, 9.17) is 4.74 Å². The SMILES string of the molecule is CN1C(=O)CO[C@@H]2CN(C(=O)CCc3ccccn3)CC[C@]21c1ccccc1. The zero-order valence-corrected chi connectivity index (χ0v) is 16.1. The quantitative estimate of drug-likeness (QED) is 0.815. The number of hydrogen-bond acceptors (Lipinski definition) is 4. The van der Waals surface area contributed by atoms with Gasteiger partial charge in [-0.25, -0.2) is 0 Å². The molecule has 2 atom stereocenters. The number of amides is 2.